The van der Waals surface area contributed by atoms with Crippen LogP contribution < -0.4 is 15.0 Å². The number of pyridine rings is 1. The Hall–Kier alpha value is -4.25. The fourth-order valence-electron chi connectivity index (χ4n) is 5.07. The second-order valence-corrected chi connectivity index (χ2v) is 11.7. The van der Waals surface area contributed by atoms with Crippen molar-refractivity contribution in [1.82, 2.24) is 14.5 Å². The molecular formula is C30H30FN3O6S. The van der Waals surface area contributed by atoms with Gasteiger partial charge in [-0.05, 0) is 67.3 Å². The Morgan fingerprint density at radius 3 is 2.44 bits per heavy atom. The van der Waals surface area contributed by atoms with Crippen molar-refractivity contribution in [3.63, 3.8) is 0 Å². The fraction of sp³-hybridized carbons (Fsp3) is 0.300. The van der Waals surface area contributed by atoms with Gasteiger partial charge in [-0.25, -0.2) is 13.4 Å². The smallest absolute Gasteiger partial charge is 0.277 e. The summed E-state index contributed by atoms with van der Waals surface area (Å²) in [7, 11) is -4.48. The molecule has 1 unspecified atom stereocenters. The third-order valence-electron chi connectivity index (χ3n) is 7.16. The van der Waals surface area contributed by atoms with Crippen molar-refractivity contribution in [1.29, 1.82) is 0 Å². The molecule has 1 aliphatic rings. The van der Waals surface area contributed by atoms with Crippen molar-refractivity contribution in [3.8, 4) is 28.5 Å². The molecule has 1 aliphatic heterocycles. The van der Waals surface area contributed by atoms with Crippen LogP contribution >= 0.6 is 0 Å². The number of hydrogen-bond acceptors (Lipinski definition) is 8. The van der Waals surface area contributed by atoms with Crippen LogP contribution in [0.2, 0.25) is 0 Å². The van der Waals surface area contributed by atoms with Crippen LogP contribution in [0.3, 0.4) is 0 Å². The van der Waals surface area contributed by atoms with Crippen molar-refractivity contribution < 1.29 is 27.4 Å². The Morgan fingerprint density at radius 1 is 1.02 bits per heavy atom. The Kier molecular flexibility index (Phi) is 7.81. The highest BCUT2D eigenvalue weighted by molar-refractivity contribution is 7.91. The molecule has 214 valence electrons. The van der Waals surface area contributed by atoms with Gasteiger partial charge in [0.05, 0.1) is 10.9 Å². The van der Waals surface area contributed by atoms with E-state index in [1.165, 1.54) is 22.8 Å². The minimum atomic E-state index is -4.48. The Balaban J connectivity index is 1.62. The van der Waals surface area contributed by atoms with Crippen LogP contribution in [0.4, 0.5) is 4.39 Å². The van der Waals surface area contributed by atoms with Crippen molar-refractivity contribution in [2.24, 2.45) is 0 Å². The first-order chi connectivity index (χ1) is 19.6. The number of aromatic hydroxyl groups is 1. The highest BCUT2D eigenvalue weighted by Crippen LogP contribution is 2.36. The largest absolute Gasteiger partial charge is 0.492 e. The summed E-state index contributed by atoms with van der Waals surface area (Å²) in [6.07, 6.45) is 2.33. The summed E-state index contributed by atoms with van der Waals surface area (Å²) in [6.45, 7) is 5.62. The quantitative estimate of drug-likeness (QED) is 0.263. The predicted molar refractivity (Wildman–Crippen MR) is 150 cm³/mol. The van der Waals surface area contributed by atoms with Crippen LogP contribution in [0.15, 0.2) is 69.2 Å². The molecular weight excluding hydrogens is 549 g/mol. The fourth-order valence-corrected chi connectivity index (χ4v) is 6.42. The summed E-state index contributed by atoms with van der Waals surface area (Å²) in [6, 6.07) is 13.3. The zero-order chi connectivity index (χ0) is 29.3. The summed E-state index contributed by atoms with van der Waals surface area (Å²) >= 11 is 0. The molecule has 0 aliphatic carbocycles. The summed E-state index contributed by atoms with van der Waals surface area (Å²) in [5.41, 5.74) is 1.58. The van der Waals surface area contributed by atoms with E-state index in [0.29, 0.717) is 53.4 Å². The van der Waals surface area contributed by atoms with Gasteiger partial charge in [0.1, 0.15) is 5.82 Å². The molecule has 0 bridgehead atoms. The van der Waals surface area contributed by atoms with E-state index in [4.69, 9.17) is 9.47 Å². The topological polar surface area (TPSA) is 121 Å². The number of nitrogens with zero attached hydrogens (tertiary/aromatic N) is 3. The minimum absolute atomic E-state index is 0.0937. The van der Waals surface area contributed by atoms with Gasteiger partial charge in [-0.2, -0.15) is 9.37 Å². The van der Waals surface area contributed by atoms with E-state index in [-0.39, 0.29) is 11.7 Å². The molecule has 0 amide bonds. The summed E-state index contributed by atoms with van der Waals surface area (Å²) in [5.74, 6) is -0.0223. The number of unbranched alkanes of at least 4 members (excludes halogenated alkanes) is 1. The first kappa shape index (κ1) is 28.3. The molecule has 0 fully saturated rings. The van der Waals surface area contributed by atoms with Gasteiger partial charge in [-0.3, -0.25) is 9.36 Å². The first-order valence-electron chi connectivity index (χ1n) is 13.4. The van der Waals surface area contributed by atoms with Crippen LogP contribution in [0.5, 0.6) is 17.4 Å². The third kappa shape index (κ3) is 5.29. The van der Waals surface area contributed by atoms with Crippen molar-refractivity contribution >= 4 is 9.84 Å². The Morgan fingerprint density at radius 2 is 1.76 bits per heavy atom. The lowest BCUT2D eigenvalue weighted by molar-refractivity contribution is 0.174. The van der Waals surface area contributed by atoms with E-state index in [1.807, 2.05) is 19.9 Å². The SMILES string of the molecule is CCCCc1nc(O)c(S(=O)(=O)c2ccc(-c3ccc(F)nc3C)cc2)c(=O)n1C(CC)c1ccc2c(c1)OCO2. The number of fused-ring (bicyclic) bond motifs is 1. The molecule has 11 heteroatoms. The molecule has 3 heterocycles. The Bertz CT molecular complexity index is 1770. The molecule has 1 N–H and O–H groups in total. The van der Waals surface area contributed by atoms with E-state index in [9.17, 15) is 22.7 Å². The number of benzene rings is 2. The molecule has 2 aromatic heterocycles. The molecule has 4 aromatic rings. The number of sulfone groups is 1. The number of ether oxygens (including phenoxy) is 2. The van der Waals surface area contributed by atoms with Crippen LogP contribution in [0.1, 0.15) is 56.2 Å². The molecule has 0 saturated heterocycles. The highest BCUT2D eigenvalue weighted by Gasteiger charge is 2.32. The number of aromatic nitrogens is 3. The van der Waals surface area contributed by atoms with Gasteiger partial charge in [-0.1, -0.05) is 38.5 Å². The number of rotatable bonds is 9. The van der Waals surface area contributed by atoms with E-state index >= 15 is 0 Å². The molecule has 1 atom stereocenters. The van der Waals surface area contributed by atoms with Crippen LogP contribution in [0.25, 0.3) is 11.1 Å². The molecule has 0 radical (unpaired) electrons. The maximum atomic E-state index is 14.1. The van der Waals surface area contributed by atoms with Gasteiger partial charge in [0, 0.05) is 17.7 Å². The average molecular weight is 580 g/mol. The summed E-state index contributed by atoms with van der Waals surface area (Å²) in [4.78, 5) is 21.1. The van der Waals surface area contributed by atoms with Gasteiger partial charge in [-0.15, -0.1) is 0 Å². The molecule has 2 aromatic carbocycles. The van der Waals surface area contributed by atoms with E-state index < -0.39 is 38.2 Å². The van der Waals surface area contributed by atoms with Gasteiger partial charge in [0.15, 0.2) is 16.4 Å². The molecule has 0 saturated carbocycles. The normalized spacial score (nSPS) is 13.4. The number of aryl methyl sites for hydroxylation is 2. The van der Waals surface area contributed by atoms with Gasteiger partial charge >= 0.3 is 0 Å². The highest BCUT2D eigenvalue weighted by atomic mass is 32.2. The lowest BCUT2D eigenvalue weighted by Gasteiger charge is -2.23. The van der Waals surface area contributed by atoms with Gasteiger partial charge in [0.25, 0.3) is 5.56 Å². The molecule has 9 nitrogen and oxygen atoms in total. The summed E-state index contributed by atoms with van der Waals surface area (Å²) in [5, 5.41) is 10.9. The van der Waals surface area contributed by atoms with Crippen molar-refractivity contribution in [2.45, 2.75) is 62.3 Å². The maximum absolute atomic E-state index is 14.1. The lowest BCUT2D eigenvalue weighted by Crippen LogP contribution is -2.33. The zero-order valence-corrected chi connectivity index (χ0v) is 23.7. The van der Waals surface area contributed by atoms with Gasteiger partial charge in [0.2, 0.25) is 28.5 Å². The summed E-state index contributed by atoms with van der Waals surface area (Å²) < 4.78 is 53.4. The minimum Gasteiger partial charge on any atom is -0.492 e. The van der Waals surface area contributed by atoms with Crippen LogP contribution in [-0.4, -0.2) is 34.9 Å². The molecule has 41 heavy (non-hydrogen) atoms. The third-order valence-corrected chi connectivity index (χ3v) is 8.95. The number of hydrogen-bond donors (Lipinski definition) is 1. The van der Waals surface area contributed by atoms with Crippen LogP contribution in [-0.2, 0) is 16.3 Å². The van der Waals surface area contributed by atoms with Crippen molar-refractivity contribution in [3.05, 3.63) is 88.0 Å². The van der Waals surface area contributed by atoms with Crippen LogP contribution in [0, 0.1) is 12.9 Å². The first-order valence-corrected chi connectivity index (χ1v) is 14.9. The van der Waals surface area contributed by atoms with Gasteiger partial charge < -0.3 is 14.6 Å². The molecule has 0 spiro atoms. The average Bonchev–Trinajstić information content (AvgIpc) is 3.42. The van der Waals surface area contributed by atoms with E-state index in [0.717, 1.165) is 12.0 Å². The predicted octanol–water partition coefficient (Wildman–Crippen LogP) is 5.36. The second-order valence-electron chi connectivity index (χ2n) is 9.79. The maximum Gasteiger partial charge on any atom is 0.277 e. The lowest BCUT2D eigenvalue weighted by atomic mass is 10.0. The second kappa shape index (κ2) is 11.3. The van der Waals surface area contributed by atoms with E-state index in [1.54, 1.807) is 37.3 Å². The zero-order valence-electron chi connectivity index (χ0n) is 22.9. The Labute approximate surface area is 237 Å². The standard InChI is InChI=1S/C30H30FN3O6S/c1-4-6-7-27-33-29(35)28(30(36)34(27)23(5-2)20-10-14-24-25(16-20)40-17-39-24)41(37,38)21-11-8-19(9-12-21)22-13-15-26(31)32-18(22)3/h8-16,23,35H,4-7,17H2,1-3H3. The van der Waals surface area contributed by atoms with Crippen molar-refractivity contribution in [2.75, 3.05) is 6.79 Å². The number of halogens is 1. The molecule has 5 rings (SSSR count). The monoisotopic (exact) mass is 579 g/mol. The van der Waals surface area contributed by atoms with E-state index in [2.05, 4.69) is 9.97 Å².